The van der Waals surface area contributed by atoms with Crippen LogP contribution in [0.15, 0.2) is 41.8 Å². The van der Waals surface area contributed by atoms with Crippen molar-refractivity contribution in [3.05, 3.63) is 42.5 Å². The average Bonchev–Trinajstić information content (AvgIpc) is 3.25. The van der Waals surface area contributed by atoms with Crippen LogP contribution in [0.5, 0.6) is 0 Å². The third-order valence-electron chi connectivity index (χ3n) is 4.20. The summed E-state index contributed by atoms with van der Waals surface area (Å²) >= 11 is 0. The number of piperidine rings is 1. The number of imidazole rings is 1. The molecule has 0 aliphatic carbocycles. The van der Waals surface area contributed by atoms with Gasteiger partial charge in [0.1, 0.15) is 0 Å². The lowest BCUT2D eigenvalue weighted by Crippen LogP contribution is -2.39. The van der Waals surface area contributed by atoms with Crippen molar-refractivity contribution < 1.29 is 8.42 Å². The molecule has 3 aromatic heterocycles. The second kappa shape index (κ2) is 5.43. The normalized spacial score (nSPS) is 20.1. The Hall–Kier alpha value is -2.26. The van der Waals surface area contributed by atoms with E-state index in [2.05, 4.69) is 20.3 Å². The van der Waals surface area contributed by atoms with Crippen LogP contribution in [-0.2, 0) is 10.0 Å². The first-order chi connectivity index (χ1) is 11.2. The minimum Gasteiger partial charge on any atom is -0.282 e. The van der Waals surface area contributed by atoms with Gasteiger partial charge in [0.15, 0.2) is 10.7 Å². The van der Waals surface area contributed by atoms with Crippen LogP contribution in [0.4, 0.5) is 0 Å². The quantitative estimate of drug-likeness (QED) is 0.772. The third-order valence-corrected chi connectivity index (χ3v) is 6.02. The van der Waals surface area contributed by atoms with Crippen molar-refractivity contribution in [3.63, 3.8) is 0 Å². The molecule has 1 atom stereocenters. The number of H-pyrrole nitrogens is 1. The Morgan fingerprint density at radius 2 is 2.17 bits per heavy atom. The Morgan fingerprint density at radius 3 is 3.00 bits per heavy atom. The maximum atomic E-state index is 13.0. The van der Waals surface area contributed by atoms with E-state index < -0.39 is 10.0 Å². The summed E-state index contributed by atoms with van der Waals surface area (Å²) in [5.74, 6) is 0.133. The predicted octanol–water partition coefficient (Wildman–Crippen LogP) is 1.02. The summed E-state index contributed by atoms with van der Waals surface area (Å²) < 4.78 is 28.8. The van der Waals surface area contributed by atoms with Crippen molar-refractivity contribution in [2.75, 3.05) is 13.1 Å². The molecule has 1 aliphatic heterocycles. The van der Waals surface area contributed by atoms with Crippen molar-refractivity contribution in [1.82, 2.24) is 29.1 Å². The second-order valence-electron chi connectivity index (χ2n) is 5.60. The van der Waals surface area contributed by atoms with Gasteiger partial charge >= 0.3 is 0 Å². The molecule has 1 aliphatic rings. The lowest BCUT2D eigenvalue weighted by molar-refractivity contribution is 0.311. The number of nitrogens with one attached hydrogen (secondary N) is 1. The molecule has 0 aromatic carbocycles. The van der Waals surface area contributed by atoms with Crippen LogP contribution >= 0.6 is 0 Å². The zero-order valence-corrected chi connectivity index (χ0v) is 13.1. The van der Waals surface area contributed by atoms with Crippen LogP contribution in [0.1, 0.15) is 24.5 Å². The summed E-state index contributed by atoms with van der Waals surface area (Å²) in [6, 6.07) is 5.36. The van der Waals surface area contributed by atoms with Gasteiger partial charge in [-0.1, -0.05) is 0 Å². The number of fused-ring (bicyclic) bond motifs is 1. The molecule has 0 spiro atoms. The molecule has 1 unspecified atom stereocenters. The fraction of sp³-hybridized carbons (Fsp3) is 0.357. The van der Waals surface area contributed by atoms with Gasteiger partial charge in [-0.2, -0.15) is 14.5 Å². The molecule has 0 bridgehead atoms. The zero-order valence-electron chi connectivity index (χ0n) is 12.3. The molecule has 1 fully saturated rings. The SMILES string of the molecule is O=S(=O)(c1cnc2cccnn12)N1CCCC(c2ccn[nH]2)C1. The van der Waals surface area contributed by atoms with E-state index in [4.69, 9.17) is 0 Å². The van der Waals surface area contributed by atoms with Crippen molar-refractivity contribution in [2.24, 2.45) is 0 Å². The molecule has 3 aromatic rings. The van der Waals surface area contributed by atoms with Crippen LogP contribution in [0, 0.1) is 0 Å². The first-order valence-corrected chi connectivity index (χ1v) is 8.88. The average molecular weight is 332 g/mol. The molecule has 0 amide bonds. The highest BCUT2D eigenvalue weighted by atomic mass is 32.2. The first kappa shape index (κ1) is 14.3. The Labute approximate surface area is 133 Å². The van der Waals surface area contributed by atoms with Gasteiger partial charge in [-0.05, 0) is 31.0 Å². The van der Waals surface area contributed by atoms with E-state index in [1.807, 2.05) is 6.07 Å². The fourth-order valence-electron chi connectivity index (χ4n) is 3.02. The van der Waals surface area contributed by atoms with E-state index in [9.17, 15) is 8.42 Å². The maximum Gasteiger partial charge on any atom is 0.262 e. The molecule has 9 heteroatoms. The number of nitrogens with zero attached hydrogens (tertiary/aromatic N) is 5. The number of sulfonamides is 1. The van der Waals surface area contributed by atoms with Crippen LogP contribution < -0.4 is 0 Å². The van der Waals surface area contributed by atoms with Crippen LogP contribution in [-0.4, -0.2) is 50.6 Å². The van der Waals surface area contributed by atoms with Crippen molar-refractivity contribution in [2.45, 2.75) is 23.8 Å². The van der Waals surface area contributed by atoms with Crippen molar-refractivity contribution in [3.8, 4) is 0 Å². The van der Waals surface area contributed by atoms with E-state index in [-0.39, 0.29) is 10.9 Å². The van der Waals surface area contributed by atoms with Crippen molar-refractivity contribution >= 4 is 15.7 Å². The first-order valence-electron chi connectivity index (χ1n) is 7.44. The number of hydrogen-bond donors (Lipinski definition) is 1. The monoisotopic (exact) mass is 332 g/mol. The maximum absolute atomic E-state index is 13.0. The van der Waals surface area contributed by atoms with Gasteiger partial charge < -0.3 is 0 Å². The molecule has 23 heavy (non-hydrogen) atoms. The van der Waals surface area contributed by atoms with Crippen LogP contribution in [0.25, 0.3) is 5.65 Å². The summed E-state index contributed by atoms with van der Waals surface area (Å²) in [4.78, 5) is 4.13. The molecule has 0 saturated carbocycles. The van der Waals surface area contributed by atoms with E-state index in [1.54, 1.807) is 24.5 Å². The minimum absolute atomic E-state index is 0.110. The topological polar surface area (TPSA) is 96.2 Å². The Bertz CT molecular complexity index is 918. The number of hydrogen-bond acceptors (Lipinski definition) is 5. The van der Waals surface area contributed by atoms with Gasteiger partial charge in [0.05, 0.1) is 6.20 Å². The van der Waals surface area contributed by atoms with Gasteiger partial charge in [0, 0.05) is 37.1 Å². The van der Waals surface area contributed by atoms with Gasteiger partial charge in [-0.3, -0.25) is 5.10 Å². The molecule has 0 radical (unpaired) electrons. The van der Waals surface area contributed by atoms with Gasteiger partial charge in [-0.25, -0.2) is 17.9 Å². The summed E-state index contributed by atoms with van der Waals surface area (Å²) in [7, 11) is -3.63. The van der Waals surface area contributed by atoms with Gasteiger partial charge in [0.2, 0.25) is 0 Å². The lowest BCUT2D eigenvalue weighted by atomic mass is 9.96. The van der Waals surface area contributed by atoms with E-state index in [1.165, 1.54) is 15.0 Å². The van der Waals surface area contributed by atoms with Gasteiger partial charge in [0.25, 0.3) is 10.0 Å². The van der Waals surface area contributed by atoms with Crippen LogP contribution in [0.3, 0.4) is 0 Å². The second-order valence-corrected chi connectivity index (χ2v) is 7.49. The fourth-order valence-corrected chi connectivity index (χ4v) is 4.58. The molecule has 4 heterocycles. The number of aromatic nitrogens is 5. The zero-order chi connectivity index (χ0) is 15.9. The van der Waals surface area contributed by atoms with Crippen molar-refractivity contribution in [1.29, 1.82) is 0 Å². The number of rotatable bonds is 3. The van der Waals surface area contributed by atoms with E-state index in [0.29, 0.717) is 18.7 Å². The molecule has 4 rings (SSSR count). The van der Waals surface area contributed by atoms with E-state index in [0.717, 1.165) is 18.5 Å². The highest BCUT2D eigenvalue weighted by Crippen LogP contribution is 2.29. The summed E-state index contributed by atoms with van der Waals surface area (Å²) in [6.45, 7) is 0.942. The Morgan fingerprint density at radius 1 is 1.26 bits per heavy atom. The molecule has 120 valence electrons. The summed E-state index contributed by atoms with van der Waals surface area (Å²) in [6.07, 6.45) is 6.37. The Kier molecular flexibility index (Phi) is 3.38. The number of aromatic amines is 1. The predicted molar refractivity (Wildman–Crippen MR) is 82.3 cm³/mol. The van der Waals surface area contributed by atoms with Gasteiger partial charge in [-0.15, -0.1) is 0 Å². The Balaban J connectivity index is 1.68. The highest BCUT2D eigenvalue weighted by Gasteiger charge is 2.33. The lowest BCUT2D eigenvalue weighted by Gasteiger charge is -2.30. The molecule has 1 saturated heterocycles. The minimum atomic E-state index is -3.63. The molecule has 1 N–H and O–H groups in total. The summed E-state index contributed by atoms with van der Waals surface area (Å²) in [5, 5.41) is 11.1. The third kappa shape index (κ3) is 2.41. The highest BCUT2D eigenvalue weighted by molar-refractivity contribution is 7.89. The standard InChI is InChI=1S/C14H16N6O2S/c21-23(22,14-9-15-13-4-1-6-17-20(13)14)19-8-2-3-11(10-19)12-5-7-16-18-12/h1,4-7,9,11H,2-3,8,10H2,(H,16,18). The largest absolute Gasteiger partial charge is 0.282 e. The smallest absolute Gasteiger partial charge is 0.262 e. The summed E-state index contributed by atoms with van der Waals surface area (Å²) in [5.41, 5.74) is 1.49. The molecule has 8 nitrogen and oxygen atoms in total. The van der Waals surface area contributed by atoms with E-state index >= 15 is 0 Å². The molecular weight excluding hydrogens is 316 g/mol. The van der Waals surface area contributed by atoms with Crippen LogP contribution in [0.2, 0.25) is 0 Å². The molecular formula is C14H16N6O2S.